The van der Waals surface area contributed by atoms with Crippen LogP contribution in [0.15, 0.2) is 30.5 Å². The normalized spacial score (nSPS) is 13.2. The van der Waals surface area contributed by atoms with Crippen molar-refractivity contribution >= 4 is 10.9 Å². The molecule has 1 heterocycles. The van der Waals surface area contributed by atoms with Gasteiger partial charge in [-0.05, 0) is 36.4 Å². The van der Waals surface area contributed by atoms with Gasteiger partial charge in [0.1, 0.15) is 0 Å². The maximum atomic E-state index is 9.27. The molecule has 3 nitrogen and oxygen atoms in total. The van der Waals surface area contributed by atoms with E-state index in [9.17, 15) is 5.11 Å². The molecule has 86 valence electrons. The highest BCUT2D eigenvalue weighted by Gasteiger charge is 2.03. The first-order valence-corrected chi connectivity index (χ1v) is 5.57. The summed E-state index contributed by atoms with van der Waals surface area (Å²) in [5.41, 5.74) is 2.04. The molecule has 0 bridgehead atoms. The molecule has 0 radical (unpaired) electrons. The Kier molecular flexibility index (Phi) is 3.27. The summed E-state index contributed by atoms with van der Waals surface area (Å²) in [6.45, 7) is 2.67. The van der Waals surface area contributed by atoms with E-state index in [1.54, 1.807) is 6.92 Å². The molecule has 0 fully saturated rings. The van der Waals surface area contributed by atoms with E-state index in [1.165, 1.54) is 5.39 Å². The van der Waals surface area contributed by atoms with Crippen molar-refractivity contribution in [2.24, 2.45) is 0 Å². The number of aromatic nitrogens is 1. The van der Waals surface area contributed by atoms with Gasteiger partial charge in [-0.15, -0.1) is 0 Å². The van der Waals surface area contributed by atoms with Crippen molar-refractivity contribution in [1.82, 2.24) is 4.57 Å². The van der Waals surface area contributed by atoms with Gasteiger partial charge in [-0.3, -0.25) is 0 Å². The Bertz CT molecular complexity index is 474. The Morgan fingerprint density at radius 2 is 2.12 bits per heavy atom. The van der Waals surface area contributed by atoms with Crippen LogP contribution in [0.4, 0.5) is 0 Å². The van der Waals surface area contributed by atoms with Crippen LogP contribution >= 0.6 is 0 Å². The minimum Gasteiger partial charge on any atom is -0.393 e. The quantitative estimate of drug-likeness (QED) is 0.825. The topological polar surface area (TPSA) is 45.4 Å². The molecular weight excluding hydrogens is 202 g/mol. The van der Waals surface area contributed by atoms with Crippen molar-refractivity contribution in [2.45, 2.75) is 32.6 Å². The second-order valence-corrected chi connectivity index (χ2v) is 4.20. The predicted molar refractivity (Wildman–Crippen MR) is 64.2 cm³/mol. The van der Waals surface area contributed by atoms with Crippen LogP contribution < -0.4 is 0 Å². The van der Waals surface area contributed by atoms with Gasteiger partial charge in [0.15, 0.2) is 0 Å². The van der Waals surface area contributed by atoms with Crippen LogP contribution in [-0.4, -0.2) is 20.9 Å². The molecule has 0 aliphatic carbocycles. The van der Waals surface area contributed by atoms with Crippen LogP contribution in [0.2, 0.25) is 0 Å². The van der Waals surface area contributed by atoms with E-state index >= 15 is 0 Å². The lowest BCUT2D eigenvalue weighted by Crippen LogP contribution is -2.06. The summed E-state index contributed by atoms with van der Waals surface area (Å²) in [4.78, 5) is 0. The zero-order valence-corrected chi connectivity index (χ0v) is 9.43. The van der Waals surface area contributed by atoms with E-state index in [4.69, 9.17) is 5.11 Å². The van der Waals surface area contributed by atoms with Crippen LogP contribution in [0.25, 0.3) is 10.9 Å². The summed E-state index contributed by atoms with van der Waals surface area (Å²) in [7, 11) is 0. The third kappa shape index (κ3) is 2.26. The molecule has 1 unspecified atom stereocenters. The minimum atomic E-state index is -0.279. The van der Waals surface area contributed by atoms with Gasteiger partial charge in [-0.25, -0.2) is 0 Å². The summed E-state index contributed by atoms with van der Waals surface area (Å²) >= 11 is 0. The Hall–Kier alpha value is -1.32. The summed E-state index contributed by atoms with van der Waals surface area (Å²) in [5.74, 6) is 0. The molecule has 0 amide bonds. The Balaban J connectivity index is 2.30. The van der Waals surface area contributed by atoms with Crippen molar-refractivity contribution in [3.63, 3.8) is 0 Å². The number of aliphatic hydroxyl groups is 2. The standard InChI is InChI=1S/C13H17NO2/c1-10(16)4-6-14-7-5-12-3-2-11(9-15)8-13(12)14/h2-3,5,7-8,10,15-16H,4,6,9H2,1H3. The molecule has 1 aromatic carbocycles. The maximum absolute atomic E-state index is 9.27. The molecule has 16 heavy (non-hydrogen) atoms. The van der Waals surface area contributed by atoms with E-state index in [0.29, 0.717) is 0 Å². The highest BCUT2D eigenvalue weighted by atomic mass is 16.3. The summed E-state index contributed by atoms with van der Waals surface area (Å²) < 4.78 is 2.11. The van der Waals surface area contributed by atoms with Gasteiger partial charge < -0.3 is 14.8 Å². The number of aryl methyl sites for hydroxylation is 1. The van der Waals surface area contributed by atoms with E-state index in [0.717, 1.165) is 24.0 Å². The summed E-state index contributed by atoms with van der Waals surface area (Å²) in [6, 6.07) is 8.00. The number of aliphatic hydroxyl groups excluding tert-OH is 2. The van der Waals surface area contributed by atoms with Crippen molar-refractivity contribution in [2.75, 3.05) is 0 Å². The lowest BCUT2D eigenvalue weighted by Gasteiger charge is -2.07. The Labute approximate surface area is 94.9 Å². The number of hydrogen-bond donors (Lipinski definition) is 2. The smallest absolute Gasteiger partial charge is 0.0682 e. The van der Waals surface area contributed by atoms with Crippen LogP contribution in [0.3, 0.4) is 0 Å². The molecule has 3 heteroatoms. The van der Waals surface area contributed by atoms with Gasteiger partial charge >= 0.3 is 0 Å². The van der Waals surface area contributed by atoms with Gasteiger partial charge in [0.2, 0.25) is 0 Å². The molecule has 0 aliphatic heterocycles. The van der Waals surface area contributed by atoms with E-state index in [2.05, 4.69) is 10.6 Å². The second kappa shape index (κ2) is 4.68. The van der Waals surface area contributed by atoms with Gasteiger partial charge in [0.05, 0.1) is 12.7 Å². The minimum absolute atomic E-state index is 0.0670. The Morgan fingerprint density at radius 3 is 2.81 bits per heavy atom. The predicted octanol–water partition coefficient (Wildman–Crippen LogP) is 1.90. The zero-order chi connectivity index (χ0) is 11.5. The fourth-order valence-corrected chi connectivity index (χ4v) is 1.85. The first kappa shape index (κ1) is 11.2. The number of hydrogen-bond acceptors (Lipinski definition) is 2. The van der Waals surface area contributed by atoms with Crippen LogP contribution in [-0.2, 0) is 13.2 Å². The lowest BCUT2D eigenvalue weighted by atomic mass is 10.2. The molecular formula is C13H17NO2. The largest absolute Gasteiger partial charge is 0.393 e. The number of benzene rings is 1. The molecule has 0 saturated heterocycles. The molecule has 1 atom stereocenters. The lowest BCUT2D eigenvalue weighted by molar-refractivity contribution is 0.178. The highest BCUT2D eigenvalue weighted by molar-refractivity contribution is 5.80. The number of rotatable bonds is 4. The first-order chi connectivity index (χ1) is 7.70. The summed E-state index contributed by atoms with van der Waals surface area (Å²) in [5, 5.41) is 19.5. The molecule has 2 rings (SSSR count). The third-order valence-corrected chi connectivity index (χ3v) is 2.81. The van der Waals surface area contributed by atoms with Gasteiger partial charge in [-0.2, -0.15) is 0 Å². The van der Waals surface area contributed by atoms with E-state index in [-0.39, 0.29) is 12.7 Å². The maximum Gasteiger partial charge on any atom is 0.0682 e. The number of nitrogens with zero attached hydrogens (tertiary/aromatic N) is 1. The van der Waals surface area contributed by atoms with Gasteiger partial charge in [0, 0.05) is 18.3 Å². The van der Waals surface area contributed by atoms with Crippen molar-refractivity contribution in [3.8, 4) is 0 Å². The van der Waals surface area contributed by atoms with Crippen LogP contribution in [0.1, 0.15) is 18.9 Å². The molecule has 0 spiro atoms. The molecule has 0 saturated carbocycles. The first-order valence-electron chi connectivity index (χ1n) is 5.57. The fraction of sp³-hybridized carbons (Fsp3) is 0.385. The van der Waals surface area contributed by atoms with Crippen LogP contribution in [0.5, 0.6) is 0 Å². The van der Waals surface area contributed by atoms with Crippen molar-refractivity contribution in [3.05, 3.63) is 36.0 Å². The monoisotopic (exact) mass is 219 g/mol. The third-order valence-electron chi connectivity index (χ3n) is 2.81. The molecule has 2 aromatic rings. The summed E-state index contributed by atoms with van der Waals surface area (Å²) in [6.07, 6.45) is 2.49. The molecule has 2 N–H and O–H groups in total. The average Bonchev–Trinajstić information content (AvgIpc) is 2.68. The average molecular weight is 219 g/mol. The van der Waals surface area contributed by atoms with Gasteiger partial charge in [0.25, 0.3) is 0 Å². The number of fused-ring (bicyclic) bond motifs is 1. The molecule has 0 aliphatic rings. The van der Waals surface area contributed by atoms with Gasteiger partial charge in [-0.1, -0.05) is 12.1 Å². The van der Waals surface area contributed by atoms with Crippen molar-refractivity contribution < 1.29 is 10.2 Å². The fourth-order valence-electron chi connectivity index (χ4n) is 1.85. The zero-order valence-electron chi connectivity index (χ0n) is 9.43. The SMILES string of the molecule is CC(O)CCn1ccc2ccc(CO)cc21. The Morgan fingerprint density at radius 1 is 1.31 bits per heavy atom. The van der Waals surface area contributed by atoms with Crippen LogP contribution in [0, 0.1) is 0 Å². The second-order valence-electron chi connectivity index (χ2n) is 4.20. The van der Waals surface area contributed by atoms with E-state index in [1.807, 2.05) is 24.4 Å². The van der Waals surface area contributed by atoms with Crippen molar-refractivity contribution in [1.29, 1.82) is 0 Å². The van der Waals surface area contributed by atoms with E-state index < -0.39 is 0 Å². The molecule has 1 aromatic heterocycles. The highest BCUT2D eigenvalue weighted by Crippen LogP contribution is 2.18.